The van der Waals surface area contributed by atoms with E-state index in [9.17, 15) is 24.9 Å². The minimum Gasteiger partial charge on any atom is -0.479 e. The van der Waals surface area contributed by atoms with E-state index in [2.05, 4.69) is 5.32 Å². The smallest absolute Gasteiger partial charge is 0.335 e. The number of unbranched alkanes of at least 4 members (excludes halogenated alkanes) is 7. The number of amides is 1. The van der Waals surface area contributed by atoms with Crippen LogP contribution in [0.15, 0.2) is 0 Å². The number of nitrogens with two attached hydrogens (primary N) is 1. The molecular weight excluding hydrogens is 332 g/mol. The Morgan fingerprint density at radius 1 is 0.760 bits per heavy atom. The van der Waals surface area contributed by atoms with Crippen LogP contribution < -0.4 is 11.1 Å². The Labute approximate surface area is 147 Å². The minimum atomic E-state index is -2.29. The summed E-state index contributed by atoms with van der Waals surface area (Å²) in [7, 11) is 0. The summed E-state index contributed by atoms with van der Waals surface area (Å²) in [6.07, 6.45) is -0.289. The number of carboxylic acid groups (broad SMARTS) is 1. The number of hydrogen-bond acceptors (Lipinski definition) is 7. The van der Waals surface area contributed by atoms with Crippen molar-refractivity contribution in [3.8, 4) is 0 Å². The summed E-state index contributed by atoms with van der Waals surface area (Å²) in [6, 6.07) is 0. The van der Waals surface area contributed by atoms with Gasteiger partial charge in [-0.3, -0.25) is 4.79 Å². The van der Waals surface area contributed by atoms with Gasteiger partial charge in [-0.05, 0) is 19.4 Å². The van der Waals surface area contributed by atoms with E-state index >= 15 is 0 Å². The molecule has 0 bridgehead atoms. The minimum absolute atomic E-state index is 0.299. The number of aliphatic hydroxyl groups is 4. The van der Waals surface area contributed by atoms with Crippen molar-refractivity contribution in [2.45, 2.75) is 75.8 Å². The first-order valence-corrected chi connectivity index (χ1v) is 8.75. The van der Waals surface area contributed by atoms with Crippen LogP contribution in [0.25, 0.3) is 0 Å². The molecular formula is C16H32N2O7. The molecule has 0 rings (SSSR count). The number of nitrogens with one attached hydrogen (secondary N) is 1. The number of carbonyl (C=O) groups is 2. The fourth-order valence-electron chi connectivity index (χ4n) is 2.32. The van der Waals surface area contributed by atoms with Crippen LogP contribution >= 0.6 is 0 Å². The van der Waals surface area contributed by atoms with Crippen molar-refractivity contribution >= 4 is 11.9 Å². The molecule has 0 aromatic rings. The Morgan fingerprint density at radius 2 is 1.20 bits per heavy atom. The van der Waals surface area contributed by atoms with Crippen molar-refractivity contribution in [3.05, 3.63) is 0 Å². The van der Waals surface area contributed by atoms with Crippen molar-refractivity contribution in [2.75, 3.05) is 13.1 Å². The lowest BCUT2D eigenvalue weighted by atomic mass is 10.0. The predicted molar refractivity (Wildman–Crippen MR) is 90.7 cm³/mol. The van der Waals surface area contributed by atoms with Gasteiger partial charge in [0.1, 0.15) is 12.2 Å². The van der Waals surface area contributed by atoms with Gasteiger partial charge in [-0.1, -0.05) is 38.5 Å². The number of carbonyl (C=O) groups excluding carboxylic acids is 1. The molecule has 0 aliphatic rings. The monoisotopic (exact) mass is 364 g/mol. The molecule has 0 saturated heterocycles. The van der Waals surface area contributed by atoms with Gasteiger partial charge in [-0.25, -0.2) is 4.79 Å². The third kappa shape index (κ3) is 10.4. The second-order valence-corrected chi connectivity index (χ2v) is 6.12. The average Bonchev–Trinajstić information content (AvgIpc) is 2.60. The second kappa shape index (κ2) is 14.0. The van der Waals surface area contributed by atoms with Crippen LogP contribution in [0, 0.1) is 0 Å². The maximum Gasteiger partial charge on any atom is 0.335 e. The molecule has 0 radical (unpaired) electrons. The largest absolute Gasteiger partial charge is 0.479 e. The van der Waals surface area contributed by atoms with Crippen LogP contribution in [0.3, 0.4) is 0 Å². The summed E-state index contributed by atoms with van der Waals surface area (Å²) in [6.45, 7) is 1.03. The maximum absolute atomic E-state index is 11.6. The third-order valence-corrected chi connectivity index (χ3v) is 3.95. The molecule has 9 nitrogen and oxygen atoms in total. The summed E-state index contributed by atoms with van der Waals surface area (Å²) < 4.78 is 0. The Balaban J connectivity index is 3.82. The fourth-order valence-corrected chi connectivity index (χ4v) is 2.32. The number of aliphatic hydroxyl groups excluding tert-OH is 4. The highest BCUT2D eigenvalue weighted by molar-refractivity contribution is 5.81. The second-order valence-electron chi connectivity index (χ2n) is 6.12. The van der Waals surface area contributed by atoms with Crippen LogP contribution in [-0.4, -0.2) is 74.9 Å². The van der Waals surface area contributed by atoms with E-state index in [1.54, 1.807) is 0 Å². The summed E-state index contributed by atoms with van der Waals surface area (Å²) in [5.74, 6) is -2.69. The van der Waals surface area contributed by atoms with E-state index in [1.165, 1.54) is 6.42 Å². The molecule has 8 N–H and O–H groups in total. The van der Waals surface area contributed by atoms with Crippen LogP contribution in [0.2, 0.25) is 0 Å². The molecule has 9 heteroatoms. The van der Waals surface area contributed by atoms with Gasteiger partial charge >= 0.3 is 5.97 Å². The molecule has 0 saturated carbocycles. The quantitative estimate of drug-likeness (QED) is 0.176. The van der Waals surface area contributed by atoms with E-state index < -0.39 is 36.3 Å². The topological polar surface area (TPSA) is 173 Å². The molecule has 0 fully saturated rings. The van der Waals surface area contributed by atoms with Gasteiger partial charge in [-0.15, -0.1) is 0 Å². The van der Waals surface area contributed by atoms with Crippen molar-refractivity contribution < 1.29 is 35.1 Å². The lowest BCUT2D eigenvalue weighted by Gasteiger charge is -2.23. The van der Waals surface area contributed by atoms with E-state index in [0.717, 1.165) is 45.1 Å². The molecule has 25 heavy (non-hydrogen) atoms. The molecule has 0 unspecified atom stereocenters. The van der Waals surface area contributed by atoms with Crippen molar-refractivity contribution in [2.24, 2.45) is 5.73 Å². The number of rotatable bonds is 15. The van der Waals surface area contributed by atoms with Gasteiger partial charge in [0, 0.05) is 6.54 Å². The predicted octanol–water partition coefficient (Wildman–Crippen LogP) is -1.29. The summed E-state index contributed by atoms with van der Waals surface area (Å²) >= 11 is 0. The summed E-state index contributed by atoms with van der Waals surface area (Å²) in [4.78, 5) is 22.1. The Hall–Kier alpha value is -1.26. The summed E-state index contributed by atoms with van der Waals surface area (Å²) in [5, 5.41) is 48.6. The molecule has 0 aromatic heterocycles. The number of carboxylic acids is 1. The highest BCUT2D eigenvalue weighted by Crippen LogP contribution is 2.08. The zero-order chi connectivity index (χ0) is 19.2. The van der Waals surface area contributed by atoms with Crippen LogP contribution in [0.1, 0.15) is 51.4 Å². The standard InChI is InChI=1S/C16H32N2O7/c17-9-7-5-3-1-2-4-6-8-10-18-15(23)13(21)11(19)12(20)14(22)16(24)25/h11-14,19-22H,1-10,17H2,(H,18,23)(H,24,25)/t11-,12-,13-,14+/m0/s1. The molecule has 0 aromatic carbocycles. The maximum atomic E-state index is 11.6. The molecule has 0 spiro atoms. The molecule has 0 aliphatic heterocycles. The average molecular weight is 364 g/mol. The molecule has 4 atom stereocenters. The highest BCUT2D eigenvalue weighted by atomic mass is 16.4. The zero-order valence-corrected chi connectivity index (χ0v) is 14.5. The Bertz CT molecular complexity index is 381. The van der Waals surface area contributed by atoms with Crippen molar-refractivity contribution in [1.29, 1.82) is 0 Å². The van der Waals surface area contributed by atoms with Gasteiger partial charge < -0.3 is 36.6 Å². The van der Waals surface area contributed by atoms with E-state index in [0.29, 0.717) is 13.0 Å². The van der Waals surface area contributed by atoms with Crippen LogP contribution in [-0.2, 0) is 9.59 Å². The van der Waals surface area contributed by atoms with E-state index in [-0.39, 0.29) is 0 Å². The fraction of sp³-hybridized carbons (Fsp3) is 0.875. The van der Waals surface area contributed by atoms with Crippen molar-refractivity contribution in [1.82, 2.24) is 5.32 Å². The zero-order valence-electron chi connectivity index (χ0n) is 14.5. The first-order chi connectivity index (χ1) is 11.8. The SMILES string of the molecule is NCCCCCCCCCCNC(=O)[C@@H](O)[C@@H](O)[C@H](O)[C@@H](O)C(=O)O. The van der Waals surface area contributed by atoms with Crippen molar-refractivity contribution in [3.63, 3.8) is 0 Å². The summed E-state index contributed by atoms with van der Waals surface area (Å²) in [5.41, 5.74) is 5.41. The first kappa shape index (κ1) is 23.7. The van der Waals surface area contributed by atoms with Gasteiger partial charge in [-0.2, -0.15) is 0 Å². The molecule has 148 valence electrons. The molecule has 0 heterocycles. The van der Waals surface area contributed by atoms with Crippen LogP contribution in [0.4, 0.5) is 0 Å². The van der Waals surface area contributed by atoms with Gasteiger partial charge in [0.05, 0.1) is 0 Å². The van der Waals surface area contributed by atoms with E-state index in [4.69, 9.17) is 15.9 Å². The Kier molecular flexibility index (Phi) is 13.3. The van der Waals surface area contributed by atoms with Gasteiger partial charge in [0.15, 0.2) is 12.2 Å². The molecule has 0 aliphatic carbocycles. The van der Waals surface area contributed by atoms with Gasteiger partial charge in [0.25, 0.3) is 5.91 Å². The third-order valence-electron chi connectivity index (χ3n) is 3.95. The lowest BCUT2D eigenvalue weighted by Crippen LogP contribution is -2.52. The lowest BCUT2D eigenvalue weighted by molar-refractivity contribution is -0.166. The molecule has 1 amide bonds. The highest BCUT2D eigenvalue weighted by Gasteiger charge is 2.37. The normalized spacial score (nSPS) is 16.0. The first-order valence-electron chi connectivity index (χ1n) is 8.75. The van der Waals surface area contributed by atoms with Crippen LogP contribution in [0.5, 0.6) is 0 Å². The van der Waals surface area contributed by atoms with Gasteiger partial charge in [0.2, 0.25) is 0 Å². The number of hydrogen-bond donors (Lipinski definition) is 7. The van der Waals surface area contributed by atoms with E-state index in [1.807, 2.05) is 0 Å². The number of aliphatic carboxylic acids is 1. The Morgan fingerprint density at radius 3 is 1.68 bits per heavy atom.